The largest absolute Gasteiger partial charge is 0.355 e. The molecule has 1 heterocycles. The second-order valence-electron chi connectivity index (χ2n) is 4.06. The van der Waals surface area contributed by atoms with Crippen molar-refractivity contribution in [3.05, 3.63) is 12.2 Å². The quantitative estimate of drug-likeness (QED) is 0.619. The van der Waals surface area contributed by atoms with Crippen molar-refractivity contribution in [2.45, 2.75) is 20.3 Å². The summed E-state index contributed by atoms with van der Waals surface area (Å²) >= 11 is 0. The zero-order valence-electron chi connectivity index (χ0n) is 9.73. The second-order valence-corrected chi connectivity index (χ2v) is 4.06. The van der Waals surface area contributed by atoms with Gasteiger partial charge in [-0.25, -0.2) is 4.98 Å². The number of amides is 1. The number of nitrogens with zero attached hydrogens (tertiary/aromatic N) is 2. The Bertz CT molecular complexity index is 309. The van der Waals surface area contributed by atoms with E-state index < -0.39 is 0 Å². The number of nitrogens with one attached hydrogen (secondary N) is 2. The van der Waals surface area contributed by atoms with Gasteiger partial charge in [0.2, 0.25) is 5.91 Å². The molecule has 1 unspecified atom stereocenters. The van der Waals surface area contributed by atoms with Crippen LogP contribution in [0.15, 0.2) is 6.33 Å². The summed E-state index contributed by atoms with van der Waals surface area (Å²) in [5.74, 6) is 0.927. The van der Waals surface area contributed by atoms with Crippen LogP contribution in [0, 0.1) is 11.8 Å². The lowest BCUT2D eigenvalue weighted by Gasteiger charge is -2.17. The number of aromatic amines is 1. The molecule has 0 radical (unpaired) electrons. The summed E-state index contributed by atoms with van der Waals surface area (Å²) in [6, 6.07) is 0. The van der Waals surface area contributed by atoms with Crippen LogP contribution >= 0.6 is 0 Å². The van der Waals surface area contributed by atoms with Gasteiger partial charge in [-0.15, -0.1) is 0 Å². The van der Waals surface area contributed by atoms with Gasteiger partial charge >= 0.3 is 0 Å². The van der Waals surface area contributed by atoms with E-state index in [2.05, 4.69) is 20.5 Å². The Morgan fingerprint density at radius 1 is 1.62 bits per heavy atom. The van der Waals surface area contributed by atoms with Crippen molar-refractivity contribution in [3.8, 4) is 0 Å². The van der Waals surface area contributed by atoms with Crippen LogP contribution in [0.3, 0.4) is 0 Å². The molecule has 1 aromatic rings. The van der Waals surface area contributed by atoms with Gasteiger partial charge in [0.25, 0.3) is 0 Å². The van der Waals surface area contributed by atoms with Crippen molar-refractivity contribution in [3.63, 3.8) is 0 Å². The molecule has 6 nitrogen and oxygen atoms in total. The summed E-state index contributed by atoms with van der Waals surface area (Å²) in [6.07, 6.45) is 2.11. The minimum atomic E-state index is -0.116. The molecule has 0 bridgehead atoms. The predicted molar refractivity (Wildman–Crippen MR) is 60.5 cm³/mol. The Morgan fingerprint density at radius 3 is 2.88 bits per heavy atom. The zero-order chi connectivity index (χ0) is 12.0. The molecule has 4 N–H and O–H groups in total. The highest BCUT2D eigenvalue weighted by Gasteiger charge is 2.19. The van der Waals surface area contributed by atoms with Gasteiger partial charge in [0.15, 0.2) is 0 Å². The standard InChI is InChI=1S/C10H19N5O/c1-7(2)8(5-11)10(16)12-4-3-9-13-6-14-15-9/h6-8H,3-5,11H2,1-2H3,(H,12,16)(H,13,14,15). The lowest BCUT2D eigenvalue weighted by Crippen LogP contribution is -2.38. The van der Waals surface area contributed by atoms with Crippen LogP contribution in [0.25, 0.3) is 0 Å². The maximum Gasteiger partial charge on any atom is 0.224 e. The highest BCUT2D eigenvalue weighted by atomic mass is 16.1. The molecule has 0 saturated carbocycles. The molecule has 1 atom stereocenters. The lowest BCUT2D eigenvalue weighted by atomic mass is 9.95. The van der Waals surface area contributed by atoms with Crippen LogP contribution in [0.1, 0.15) is 19.7 Å². The first-order chi connectivity index (χ1) is 7.65. The van der Waals surface area contributed by atoms with E-state index in [9.17, 15) is 4.79 Å². The smallest absolute Gasteiger partial charge is 0.224 e. The molecule has 0 spiro atoms. The van der Waals surface area contributed by atoms with Crippen molar-refractivity contribution in [2.75, 3.05) is 13.1 Å². The molecule has 1 aromatic heterocycles. The normalized spacial score (nSPS) is 12.8. The number of hydrogen-bond donors (Lipinski definition) is 3. The van der Waals surface area contributed by atoms with Gasteiger partial charge in [-0.2, -0.15) is 5.10 Å². The van der Waals surface area contributed by atoms with Crippen LogP contribution < -0.4 is 11.1 Å². The highest BCUT2D eigenvalue weighted by molar-refractivity contribution is 5.79. The summed E-state index contributed by atoms with van der Waals surface area (Å²) in [5, 5.41) is 9.32. The van der Waals surface area contributed by atoms with E-state index in [0.717, 1.165) is 5.82 Å². The van der Waals surface area contributed by atoms with Crippen molar-refractivity contribution >= 4 is 5.91 Å². The fourth-order valence-electron chi connectivity index (χ4n) is 1.47. The van der Waals surface area contributed by atoms with Gasteiger partial charge in [-0.05, 0) is 5.92 Å². The molecule has 0 aliphatic heterocycles. The number of aromatic nitrogens is 3. The molecule has 0 aromatic carbocycles. The number of rotatable bonds is 6. The molecule has 6 heteroatoms. The maximum absolute atomic E-state index is 11.7. The molecule has 0 aliphatic rings. The van der Waals surface area contributed by atoms with Gasteiger partial charge in [0, 0.05) is 19.5 Å². The Labute approximate surface area is 95.0 Å². The molecule has 1 amide bonds. The fraction of sp³-hybridized carbons (Fsp3) is 0.700. The van der Waals surface area contributed by atoms with Crippen LogP contribution in [0.4, 0.5) is 0 Å². The number of nitrogens with two attached hydrogens (primary N) is 1. The lowest BCUT2D eigenvalue weighted by molar-refractivity contribution is -0.125. The van der Waals surface area contributed by atoms with Gasteiger partial charge < -0.3 is 11.1 Å². The first kappa shape index (κ1) is 12.6. The Morgan fingerprint density at radius 2 is 2.38 bits per heavy atom. The van der Waals surface area contributed by atoms with Crippen LogP contribution in [-0.4, -0.2) is 34.2 Å². The highest BCUT2D eigenvalue weighted by Crippen LogP contribution is 2.08. The van der Waals surface area contributed by atoms with Gasteiger partial charge in [-0.1, -0.05) is 13.8 Å². The maximum atomic E-state index is 11.7. The third kappa shape index (κ3) is 3.62. The van der Waals surface area contributed by atoms with E-state index >= 15 is 0 Å². The molecule has 0 fully saturated rings. The van der Waals surface area contributed by atoms with Crippen molar-refractivity contribution in [2.24, 2.45) is 17.6 Å². The number of carbonyl (C=O) groups excluding carboxylic acids is 1. The van der Waals surface area contributed by atoms with Crippen LogP contribution in [-0.2, 0) is 11.2 Å². The van der Waals surface area contributed by atoms with Crippen molar-refractivity contribution < 1.29 is 4.79 Å². The number of H-pyrrole nitrogens is 1. The summed E-state index contributed by atoms with van der Waals surface area (Å²) in [7, 11) is 0. The van der Waals surface area contributed by atoms with E-state index in [1.807, 2.05) is 13.8 Å². The zero-order valence-corrected chi connectivity index (χ0v) is 9.73. The molecule has 0 saturated heterocycles. The summed E-state index contributed by atoms with van der Waals surface area (Å²) in [5.41, 5.74) is 5.55. The molecule has 0 aliphatic carbocycles. The van der Waals surface area contributed by atoms with Crippen molar-refractivity contribution in [1.29, 1.82) is 0 Å². The van der Waals surface area contributed by atoms with E-state index in [1.165, 1.54) is 6.33 Å². The average Bonchev–Trinajstić information content (AvgIpc) is 2.71. The molecular formula is C10H19N5O. The van der Waals surface area contributed by atoms with E-state index in [1.54, 1.807) is 0 Å². The first-order valence-electron chi connectivity index (χ1n) is 5.47. The van der Waals surface area contributed by atoms with Gasteiger partial charge in [-0.3, -0.25) is 9.89 Å². The van der Waals surface area contributed by atoms with Crippen LogP contribution in [0.2, 0.25) is 0 Å². The first-order valence-corrected chi connectivity index (χ1v) is 5.47. The molecule has 1 rings (SSSR count). The van der Waals surface area contributed by atoms with E-state index in [-0.39, 0.29) is 17.7 Å². The molecule has 90 valence electrons. The second kappa shape index (κ2) is 6.22. The summed E-state index contributed by atoms with van der Waals surface area (Å²) < 4.78 is 0. The minimum Gasteiger partial charge on any atom is -0.355 e. The third-order valence-corrected chi connectivity index (χ3v) is 2.52. The summed E-state index contributed by atoms with van der Waals surface area (Å²) in [4.78, 5) is 15.7. The van der Waals surface area contributed by atoms with Crippen LogP contribution in [0.5, 0.6) is 0 Å². The SMILES string of the molecule is CC(C)C(CN)C(=O)NCCc1ncn[nH]1. The molecule has 16 heavy (non-hydrogen) atoms. The van der Waals surface area contributed by atoms with E-state index in [4.69, 9.17) is 5.73 Å². The topological polar surface area (TPSA) is 96.7 Å². The summed E-state index contributed by atoms with van der Waals surface area (Å²) in [6.45, 7) is 4.92. The minimum absolute atomic E-state index is 0.0111. The third-order valence-electron chi connectivity index (χ3n) is 2.52. The van der Waals surface area contributed by atoms with Gasteiger partial charge in [0.1, 0.15) is 12.2 Å². The Balaban J connectivity index is 2.29. The number of carbonyl (C=O) groups is 1. The molecular weight excluding hydrogens is 206 g/mol. The Hall–Kier alpha value is -1.43. The fourth-order valence-corrected chi connectivity index (χ4v) is 1.47. The monoisotopic (exact) mass is 225 g/mol. The van der Waals surface area contributed by atoms with E-state index in [0.29, 0.717) is 19.5 Å². The number of hydrogen-bond acceptors (Lipinski definition) is 4. The predicted octanol–water partition coefficient (Wildman–Crippen LogP) is -0.306. The van der Waals surface area contributed by atoms with Crippen molar-refractivity contribution in [1.82, 2.24) is 20.5 Å². The van der Waals surface area contributed by atoms with Gasteiger partial charge in [0.05, 0.1) is 5.92 Å². The average molecular weight is 225 g/mol. The Kier molecular flexibility index (Phi) is 4.91.